The highest BCUT2D eigenvalue weighted by atomic mass is 79.9. The number of allylic oxidation sites excluding steroid dienone is 1. The molecule has 0 spiro atoms. The van der Waals surface area contributed by atoms with Crippen LogP contribution in [0.4, 0.5) is 32.0 Å². The van der Waals surface area contributed by atoms with Crippen LogP contribution in [0, 0.1) is 0 Å². The predicted octanol–water partition coefficient (Wildman–Crippen LogP) is 5.48. The zero-order chi connectivity index (χ0) is 25.9. The van der Waals surface area contributed by atoms with Crippen LogP contribution in [-0.4, -0.2) is 67.6 Å². The van der Waals surface area contributed by atoms with Crippen molar-refractivity contribution in [3.05, 3.63) is 35.4 Å². The van der Waals surface area contributed by atoms with E-state index in [9.17, 15) is 31.1 Å². The third-order valence-electron chi connectivity index (χ3n) is 5.70. The summed E-state index contributed by atoms with van der Waals surface area (Å²) in [5, 5.41) is 0.154. The van der Waals surface area contributed by atoms with Gasteiger partial charge in [0.1, 0.15) is 6.79 Å². The Bertz CT molecular complexity index is 876. The van der Waals surface area contributed by atoms with E-state index in [1.54, 1.807) is 11.8 Å². The molecule has 5 nitrogen and oxygen atoms in total. The Kier molecular flexibility index (Phi) is 9.09. The van der Waals surface area contributed by atoms with Gasteiger partial charge < -0.3 is 19.3 Å². The van der Waals surface area contributed by atoms with Crippen LogP contribution in [0.15, 0.2) is 24.3 Å². The van der Waals surface area contributed by atoms with Crippen molar-refractivity contribution in [3.63, 3.8) is 0 Å². The minimum absolute atomic E-state index is 0.0987. The highest BCUT2D eigenvalue weighted by Crippen LogP contribution is 2.53. The number of alkyl halides is 7. The van der Waals surface area contributed by atoms with Gasteiger partial charge in [-0.15, -0.1) is 0 Å². The second-order valence-electron chi connectivity index (χ2n) is 8.03. The van der Waals surface area contributed by atoms with E-state index in [0.29, 0.717) is 18.8 Å². The molecule has 0 aromatic heterocycles. The molecule has 0 unspecified atom stereocenters. The van der Waals surface area contributed by atoms with Crippen molar-refractivity contribution >= 4 is 33.6 Å². The smallest absolute Gasteiger partial charge is 0.365 e. The first kappa shape index (κ1) is 28.4. The first-order valence-corrected chi connectivity index (χ1v) is 11.5. The fraction of sp³-hybridized carbons (Fsp3) is 0.591. The van der Waals surface area contributed by atoms with Crippen LogP contribution >= 0.6 is 15.9 Å². The number of rotatable bonds is 7. The number of benzene rings is 1. The predicted molar refractivity (Wildman–Crippen MR) is 120 cm³/mol. The topological polar surface area (TPSA) is 42.0 Å². The van der Waals surface area contributed by atoms with Crippen molar-refractivity contribution < 1.29 is 40.6 Å². The maximum absolute atomic E-state index is 13.9. The SMILES string of the molecule is CC=Cc1cc(C(OCOC)(C(F)(F)F)C(F)(F)F)ccc1N1C[C@@H](C)N(C(=O)CBr)C[C@@H]1C. The Balaban J connectivity index is 2.62. The third-order valence-corrected chi connectivity index (χ3v) is 6.18. The van der Waals surface area contributed by atoms with Gasteiger partial charge in [0.15, 0.2) is 0 Å². The van der Waals surface area contributed by atoms with E-state index < -0.39 is 30.3 Å². The summed E-state index contributed by atoms with van der Waals surface area (Å²) in [6.45, 7) is 4.78. The quantitative estimate of drug-likeness (QED) is 0.251. The van der Waals surface area contributed by atoms with Gasteiger partial charge in [0.25, 0.3) is 5.60 Å². The van der Waals surface area contributed by atoms with Gasteiger partial charge in [-0.25, -0.2) is 0 Å². The Labute approximate surface area is 202 Å². The summed E-state index contributed by atoms with van der Waals surface area (Å²) in [7, 11) is 0.939. The number of carbonyl (C=O) groups is 1. The van der Waals surface area contributed by atoms with Crippen LogP contribution in [0.2, 0.25) is 0 Å². The minimum atomic E-state index is -5.80. The molecule has 0 saturated carbocycles. The van der Waals surface area contributed by atoms with Crippen LogP contribution in [0.3, 0.4) is 0 Å². The number of hydrogen-bond donors (Lipinski definition) is 0. The summed E-state index contributed by atoms with van der Waals surface area (Å²) >= 11 is 3.15. The summed E-state index contributed by atoms with van der Waals surface area (Å²) < 4.78 is 92.4. The monoisotopic (exact) mass is 560 g/mol. The standard InChI is InChI=1S/C22H27BrF6N2O3/c1-5-6-16-9-17(20(21(24,25)26,22(27,28)29)34-13-33-4)7-8-18(16)30-11-15(3)31(12-14(30)2)19(32)10-23/h5-9,14-15H,10-13H2,1-4H3/t14-,15+/m0/s1. The molecular weight excluding hydrogens is 534 g/mol. The number of ether oxygens (including phenoxy) is 2. The van der Waals surface area contributed by atoms with E-state index in [1.165, 1.54) is 18.2 Å². The van der Waals surface area contributed by atoms with Gasteiger partial charge in [0.2, 0.25) is 5.91 Å². The van der Waals surface area contributed by atoms with Gasteiger partial charge in [0.05, 0.1) is 5.33 Å². The molecule has 1 aliphatic rings. The number of hydrogen-bond acceptors (Lipinski definition) is 4. The number of amides is 1. The van der Waals surface area contributed by atoms with Gasteiger partial charge in [-0.05, 0) is 38.5 Å². The first-order chi connectivity index (χ1) is 15.7. The zero-order valence-corrected chi connectivity index (χ0v) is 20.7. The Morgan fingerprint density at radius 3 is 2.24 bits per heavy atom. The second kappa shape index (κ2) is 10.9. The van der Waals surface area contributed by atoms with Crippen LogP contribution < -0.4 is 4.90 Å². The molecule has 1 saturated heterocycles. The summed E-state index contributed by atoms with van der Waals surface area (Å²) in [4.78, 5) is 15.7. The average Bonchev–Trinajstić information content (AvgIpc) is 2.73. The van der Waals surface area contributed by atoms with Crippen molar-refractivity contribution in [1.29, 1.82) is 0 Å². The van der Waals surface area contributed by atoms with Crippen molar-refractivity contribution in [3.8, 4) is 0 Å². The summed E-state index contributed by atoms with van der Waals surface area (Å²) in [6.07, 6.45) is -8.63. The third kappa shape index (κ3) is 5.38. The first-order valence-electron chi connectivity index (χ1n) is 10.4. The number of methoxy groups -OCH3 is 1. The van der Waals surface area contributed by atoms with Crippen molar-refractivity contribution in [1.82, 2.24) is 4.90 Å². The van der Waals surface area contributed by atoms with Gasteiger partial charge in [-0.1, -0.05) is 34.1 Å². The zero-order valence-electron chi connectivity index (χ0n) is 19.1. The molecule has 1 aromatic carbocycles. The van der Waals surface area contributed by atoms with Gasteiger partial charge in [-0.2, -0.15) is 26.3 Å². The molecule has 0 aliphatic carbocycles. The van der Waals surface area contributed by atoms with E-state index >= 15 is 0 Å². The Morgan fingerprint density at radius 1 is 1.12 bits per heavy atom. The highest BCUT2D eigenvalue weighted by Gasteiger charge is 2.73. The number of piperazine rings is 1. The average molecular weight is 561 g/mol. The molecule has 0 bridgehead atoms. The molecule has 34 heavy (non-hydrogen) atoms. The van der Waals surface area contributed by atoms with Gasteiger partial charge in [-0.3, -0.25) is 4.79 Å². The molecule has 192 valence electrons. The van der Waals surface area contributed by atoms with Crippen molar-refractivity contribution in [2.45, 2.75) is 50.8 Å². The fourth-order valence-electron chi connectivity index (χ4n) is 4.12. The van der Waals surface area contributed by atoms with Crippen LogP contribution in [0.25, 0.3) is 6.08 Å². The summed E-state index contributed by atoms with van der Waals surface area (Å²) in [5.74, 6) is -0.0987. The van der Waals surface area contributed by atoms with Gasteiger partial charge in [0, 0.05) is 43.5 Å². The lowest BCUT2D eigenvalue weighted by Gasteiger charge is -2.46. The number of halogens is 7. The van der Waals surface area contributed by atoms with Crippen molar-refractivity contribution in [2.75, 3.05) is 37.2 Å². The maximum Gasteiger partial charge on any atom is 0.430 e. The normalized spacial score (nSPS) is 20.3. The number of anilines is 1. The molecule has 2 rings (SSSR count). The largest absolute Gasteiger partial charge is 0.430 e. The second-order valence-corrected chi connectivity index (χ2v) is 8.59. The molecular formula is C22H27BrF6N2O3. The molecule has 1 fully saturated rings. The Morgan fingerprint density at radius 2 is 1.74 bits per heavy atom. The van der Waals surface area contributed by atoms with Crippen LogP contribution in [0.1, 0.15) is 31.9 Å². The van der Waals surface area contributed by atoms with E-state index in [2.05, 4.69) is 25.4 Å². The molecule has 1 aromatic rings. The minimum Gasteiger partial charge on any atom is -0.365 e. The van der Waals surface area contributed by atoms with E-state index in [-0.39, 0.29) is 28.9 Å². The molecule has 1 heterocycles. The Hall–Kier alpha value is -1.79. The molecule has 0 radical (unpaired) electrons. The van der Waals surface area contributed by atoms with Gasteiger partial charge >= 0.3 is 12.4 Å². The van der Waals surface area contributed by atoms with E-state index in [4.69, 9.17) is 0 Å². The number of carbonyl (C=O) groups excluding carboxylic acids is 1. The highest BCUT2D eigenvalue weighted by molar-refractivity contribution is 9.09. The molecule has 12 heteroatoms. The molecule has 1 aliphatic heterocycles. The number of nitrogens with zero attached hydrogens (tertiary/aromatic N) is 2. The molecule has 0 N–H and O–H groups in total. The lowest BCUT2D eigenvalue weighted by atomic mass is 9.89. The van der Waals surface area contributed by atoms with E-state index in [1.807, 2.05) is 18.7 Å². The fourth-order valence-corrected chi connectivity index (χ4v) is 4.44. The lowest BCUT2D eigenvalue weighted by Crippen LogP contribution is -2.58. The lowest BCUT2D eigenvalue weighted by molar-refractivity contribution is -0.400. The molecule has 1 amide bonds. The van der Waals surface area contributed by atoms with Crippen LogP contribution in [0.5, 0.6) is 0 Å². The summed E-state index contributed by atoms with van der Waals surface area (Å²) in [5.41, 5.74) is -5.05. The van der Waals surface area contributed by atoms with Crippen LogP contribution in [-0.2, 0) is 19.9 Å². The maximum atomic E-state index is 13.9. The summed E-state index contributed by atoms with van der Waals surface area (Å²) in [6, 6.07) is 2.42. The molecule has 2 atom stereocenters. The van der Waals surface area contributed by atoms with Crippen molar-refractivity contribution in [2.24, 2.45) is 0 Å². The van der Waals surface area contributed by atoms with E-state index in [0.717, 1.165) is 19.2 Å².